The Morgan fingerprint density at radius 1 is 0.278 bits per heavy atom. The minimum atomic E-state index is -2.16. The highest BCUT2D eigenvalue weighted by Gasteiger charge is 2.49. The van der Waals surface area contributed by atoms with E-state index in [4.69, 9.17) is 0 Å². The van der Waals surface area contributed by atoms with Gasteiger partial charge in [0, 0.05) is 5.39 Å². The van der Waals surface area contributed by atoms with E-state index in [2.05, 4.69) is 243 Å². The SMILES string of the molecule is C[P+](c1ccccc1)(c1ccccc1)c1ccccc1.I.c1ccc([P+](c2ccccc2)(c2ccccc2)c2cc3ccccc3c3ccccc23)cc1. The van der Waals surface area contributed by atoms with Gasteiger partial charge in [-0.05, 0) is 95.0 Å². The van der Waals surface area contributed by atoms with Gasteiger partial charge in [-0.15, -0.1) is 24.0 Å². The lowest BCUT2D eigenvalue weighted by molar-refractivity contribution is 1.72. The summed E-state index contributed by atoms with van der Waals surface area (Å²) >= 11 is 0. The van der Waals surface area contributed by atoms with E-state index in [0.717, 1.165) is 0 Å². The van der Waals surface area contributed by atoms with Crippen LogP contribution in [-0.2, 0) is 0 Å². The molecule has 9 aromatic rings. The molecule has 0 aliphatic heterocycles. The molecule has 0 atom stereocenters. The maximum Gasteiger partial charge on any atom is 0.144 e. The van der Waals surface area contributed by atoms with Gasteiger partial charge in [0.05, 0.1) is 6.66 Å². The number of halogens is 1. The van der Waals surface area contributed by atoms with Crippen molar-refractivity contribution < 1.29 is 0 Å². The monoisotopic (exact) mass is 844 g/mol. The number of benzene rings is 9. The molecular weight excluding hydrogens is 801 g/mol. The Balaban J connectivity index is 0.000000184. The highest BCUT2D eigenvalue weighted by molar-refractivity contribution is 14.0. The molecule has 0 spiro atoms. The van der Waals surface area contributed by atoms with Crippen LogP contribution in [0.5, 0.6) is 0 Å². The van der Waals surface area contributed by atoms with Gasteiger partial charge >= 0.3 is 0 Å². The quantitative estimate of drug-likeness (QED) is 0.0852. The van der Waals surface area contributed by atoms with Crippen molar-refractivity contribution in [1.82, 2.24) is 0 Å². The van der Waals surface area contributed by atoms with E-state index in [1.807, 2.05) is 0 Å². The Hall–Kier alpha value is -4.91. The highest BCUT2D eigenvalue weighted by Crippen LogP contribution is 2.56. The van der Waals surface area contributed by atoms with Crippen molar-refractivity contribution in [2.45, 2.75) is 0 Å². The van der Waals surface area contributed by atoms with Crippen LogP contribution in [0.2, 0.25) is 0 Å². The van der Waals surface area contributed by atoms with Crippen LogP contribution in [0.25, 0.3) is 21.5 Å². The fourth-order valence-electron chi connectivity index (χ4n) is 7.76. The summed E-state index contributed by atoms with van der Waals surface area (Å²) < 4.78 is 0. The molecule has 0 aliphatic carbocycles. The second kappa shape index (κ2) is 17.0. The fraction of sp³-hybridized carbons (Fsp3) is 0.0196. The van der Waals surface area contributed by atoms with Gasteiger partial charge in [-0.2, -0.15) is 0 Å². The van der Waals surface area contributed by atoms with Gasteiger partial charge in [-0.3, -0.25) is 0 Å². The average molecular weight is 845 g/mol. The Kier molecular flexibility index (Phi) is 11.8. The third kappa shape index (κ3) is 7.05. The van der Waals surface area contributed by atoms with Gasteiger partial charge in [0.15, 0.2) is 0 Å². The number of hydrogen-bond acceptors (Lipinski definition) is 0. The van der Waals surface area contributed by atoms with Gasteiger partial charge in [-0.25, -0.2) is 0 Å². The zero-order valence-electron chi connectivity index (χ0n) is 30.3. The van der Waals surface area contributed by atoms with E-state index in [9.17, 15) is 0 Å². The smallest absolute Gasteiger partial charge is 0.107 e. The summed E-state index contributed by atoms with van der Waals surface area (Å²) in [5, 5.41) is 15.1. The maximum absolute atomic E-state index is 2.46. The van der Waals surface area contributed by atoms with Crippen LogP contribution >= 0.6 is 38.5 Å². The first-order chi connectivity index (χ1) is 26.2. The zero-order valence-corrected chi connectivity index (χ0v) is 34.4. The van der Waals surface area contributed by atoms with Crippen LogP contribution in [0.15, 0.2) is 237 Å². The Morgan fingerprint density at radius 2 is 0.556 bits per heavy atom. The highest BCUT2D eigenvalue weighted by atomic mass is 127. The Morgan fingerprint density at radius 3 is 0.926 bits per heavy atom. The molecule has 3 heteroatoms. The molecular formula is C51H43IP2+2. The second-order valence-corrected chi connectivity index (χ2v) is 20.3. The molecule has 0 nitrogen and oxygen atoms in total. The fourth-order valence-corrected chi connectivity index (χ4v) is 15.4. The third-order valence-electron chi connectivity index (χ3n) is 10.4. The first-order valence-electron chi connectivity index (χ1n) is 18.2. The molecule has 0 bridgehead atoms. The van der Waals surface area contributed by atoms with Crippen molar-refractivity contribution in [3.05, 3.63) is 237 Å². The third-order valence-corrected chi connectivity index (χ3v) is 18.7. The van der Waals surface area contributed by atoms with Gasteiger partial charge in [0.2, 0.25) is 0 Å². The number of rotatable bonds is 7. The summed E-state index contributed by atoms with van der Waals surface area (Å²) in [5.74, 6) is 0. The molecule has 0 radical (unpaired) electrons. The van der Waals surface area contributed by atoms with Crippen LogP contribution in [-0.4, -0.2) is 6.66 Å². The summed E-state index contributed by atoms with van der Waals surface area (Å²) in [6.45, 7) is 2.41. The van der Waals surface area contributed by atoms with Crippen molar-refractivity contribution in [2.75, 3.05) is 6.66 Å². The average Bonchev–Trinajstić information content (AvgIpc) is 3.26. The summed E-state index contributed by atoms with van der Waals surface area (Å²) in [5.41, 5.74) is 0. The van der Waals surface area contributed by atoms with Crippen molar-refractivity contribution in [1.29, 1.82) is 0 Å². The minimum Gasteiger partial charge on any atom is -0.107 e. The van der Waals surface area contributed by atoms with Gasteiger partial charge < -0.3 is 0 Å². The van der Waals surface area contributed by atoms with Crippen molar-refractivity contribution in [3.8, 4) is 0 Å². The van der Waals surface area contributed by atoms with Crippen LogP contribution in [0.3, 0.4) is 0 Å². The second-order valence-electron chi connectivity index (χ2n) is 13.4. The van der Waals surface area contributed by atoms with Crippen LogP contribution < -0.4 is 37.1 Å². The molecule has 0 N–H and O–H groups in total. The maximum atomic E-state index is 2.46. The van der Waals surface area contributed by atoms with E-state index >= 15 is 0 Å². The van der Waals surface area contributed by atoms with Gasteiger partial charge in [0.25, 0.3) is 0 Å². The van der Waals surface area contributed by atoms with E-state index in [1.165, 1.54) is 58.7 Å². The lowest BCUT2D eigenvalue weighted by atomic mass is 10.0. The lowest BCUT2D eigenvalue weighted by Gasteiger charge is -2.29. The molecule has 9 aromatic carbocycles. The van der Waals surface area contributed by atoms with E-state index in [-0.39, 0.29) is 24.0 Å². The molecule has 0 unspecified atom stereocenters. The predicted octanol–water partition coefficient (Wildman–Crippen LogP) is 10.8. The molecule has 9 rings (SSSR count). The standard InChI is InChI=1S/C32H24P.C19H18P.HI/c1-4-15-26(16-5-1)33(27-17-6-2-7-18-27,28-19-8-3-9-20-28)32-24-25-14-10-11-21-29(25)30-22-12-13-23-31(30)32;1-20(17-11-5-2-6-12-17,18-13-7-3-8-14-18)19-15-9-4-10-16-19;/h1-24H;2-16H,1H3;1H/q2*+1;. The van der Waals surface area contributed by atoms with E-state index < -0.39 is 14.5 Å². The lowest BCUT2D eigenvalue weighted by Crippen LogP contribution is -2.39. The van der Waals surface area contributed by atoms with Crippen molar-refractivity contribution in [2.24, 2.45) is 0 Å². The predicted molar refractivity (Wildman–Crippen MR) is 253 cm³/mol. The van der Waals surface area contributed by atoms with Gasteiger partial charge in [-0.1, -0.05) is 158 Å². The zero-order chi connectivity index (χ0) is 35.9. The summed E-state index contributed by atoms with van der Waals surface area (Å²) in [6.07, 6.45) is 0. The molecule has 0 amide bonds. The van der Waals surface area contributed by atoms with E-state index in [1.54, 1.807) is 0 Å². The van der Waals surface area contributed by atoms with Crippen LogP contribution in [0.4, 0.5) is 0 Å². The molecule has 0 heterocycles. The van der Waals surface area contributed by atoms with Crippen molar-refractivity contribution in [3.63, 3.8) is 0 Å². The number of hydrogen-bond donors (Lipinski definition) is 0. The summed E-state index contributed by atoms with van der Waals surface area (Å²) in [6, 6.07) is 86.1. The molecule has 0 fully saturated rings. The van der Waals surface area contributed by atoms with Crippen LogP contribution in [0.1, 0.15) is 0 Å². The molecule has 0 aromatic heterocycles. The Bertz CT molecular complexity index is 2350. The van der Waals surface area contributed by atoms with Crippen molar-refractivity contribution >= 4 is 97.2 Å². The normalized spacial score (nSPS) is 11.3. The first kappa shape index (κ1) is 37.4. The number of fused-ring (bicyclic) bond motifs is 3. The van der Waals surface area contributed by atoms with E-state index in [0.29, 0.717) is 0 Å². The largest absolute Gasteiger partial charge is 0.144 e. The molecule has 0 saturated heterocycles. The molecule has 0 saturated carbocycles. The topological polar surface area (TPSA) is 0 Å². The molecule has 0 aliphatic rings. The van der Waals surface area contributed by atoms with Crippen LogP contribution in [0, 0.1) is 0 Å². The first-order valence-corrected chi connectivity index (χ1v) is 22.2. The summed E-state index contributed by atoms with van der Waals surface area (Å²) in [4.78, 5) is 0. The Labute approximate surface area is 338 Å². The molecule has 54 heavy (non-hydrogen) atoms. The van der Waals surface area contributed by atoms with Gasteiger partial charge in [0.1, 0.15) is 51.7 Å². The summed E-state index contributed by atoms with van der Waals surface area (Å²) in [7, 11) is -3.68. The molecule has 262 valence electrons. The minimum absolute atomic E-state index is 0.